The average Bonchev–Trinajstić information content (AvgIpc) is 3.18. The molecule has 0 fully saturated rings. The lowest BCUT2D eigenvalue weighted by atomic mass is 10.1. The first-order valence-corrected chi connectivity index (χ1v) is 8.77. The minimum atomic E-state index is -1.85. The van der Waals surface area contributed by atoms with E-state index in [-0.39, 0.29) is 6.42 Å². The zero-order valence-electron chi connectivity index (χ0n) is 16.0. The Hall–Kier alpha value is -4.01. The number of carbonyl (C=O) groups is 6. The van der Waals surface area contributed by atoms with Crippen LogP contribution in [0.1, 0.15) is 18.5 Å². The van der Waals surface area contributed by atoms with Crippen LogP contribution in [0.3, 0.4) is 0 Å². The summed E-state index contributed by atoms with van der Waals surface area (Å²) in [5.74, 6) is -7.56. The van der Waals surface area contributed by atoms with Gasteiger partial charge in [0.15, 0.2) is 0 Å². The first-order chi connectivity index (χ1) is 14.5. The first kappa shape index (κ1) is 25.0. The van der Waals surface area contributed by atoms with Crippen molar-refractivity contribution in [2.75, 3.05) is 6.54 Å². The number of H-pyrrole nitrogens is 1. The lowest BCUT2D eigenvalue weighted by Crippen LogP contribution is -2.57. The van der Waals surface area contributed by atoms with Gasteiger partial charge in [-0.3, -0.25) is 24.0 Å². The van der Waals surface area contributed by atoms with E-state index in [1.54, 1.807) is 0 Å². The fourth-order valence-corrected chi connectivity index (χ4v) is 2.38. The third kappa shape index (κ3) is 8.90. The highest BCUT2D eigenvalue weighted by Gasteiger charge is 2.32. The van der Waals surface area contributed by atoms with Gasteiger partial charge in [0, 0.05) is 18.3 Å². The average molecular weight is 442 g/mol. The number of imidazole rings is 1. The van der Waals surface area contributed by atoms with Crippen molar-refractivity contribution in [3.63, 3.8) is 0 Å². The number of amides is 3. The van der Waals surface area contributed by atoms with Crippen molar-refractivity contribution in [2.45, 2.75) is 37.4 Å². The minimum absolute atomic E-state index is 0.101. The Balaban J connectivity index is 2.99. The Morgan fingerprint density at radius 2 is 1.45 bits per heavy atom. The number of aromatic amines is 1. The molecule has 0 radical (unpaired) electrons. The standard InChI is InChI=1S/C16H22N6O9/c17-4-11(23)20-8(1-7-5-18-6-19-7)14(28)21-9(2-12(24)25)15(29)22-10(16(30)31)3-13(26)27/h5-6,8-10H,1-4,17H2,(H,18,19)(H,20,23)(H,21,28)(H,22,29)(H,24,25)(H,26,27)(H,30,31). The van der Waals surface area contributed by atoms with Gasteiger partial charge in [-0.2, -0.15) is 0 Å². The maximum Gasteiger partial charge on any atom is 0.326 e. The molecule has 0 saturated heterocycles. The number of carboxylic acid groups (broad SMARTS) is 3. The summed E-state index contributed by atoms with van der Waals surface area (Å²) >= 11 is 0. The summed E-state index contributed by atoms with van der Waals surface area (Å²) < 4.78 is 0. The molecule has 9 N–H and O–H groups in total. The van der Waals surface area contributed by atoms with Gasteiger partial charge in [-0.15, -0.1) is 0 Å². The van der Waals surface area contributed by atoms with E-state index in [1.165, 1.54) is 12.5 Å². The maximum absolute atomic E-state index is 12.6. The van der Waals surface area contributed by atoms with E-state index in [0.29, 0.717) is 5.69 Å². The van der Waals surface area contributed by atoms with Gasteiger partial charge in [-0.1, -0.05) is 0 Å². The van der Waals surface area contributed by atoms with Crippen molar-refractivity contribution in [1.29, 1.82) is 0 Å². The number of carboxylic acids is 3. The molecule has 0 aliphatic rings. The van der Waals surface area contributed by atoms with Crippen LogP contribution in [-0.4, -0.2) is 85.6 Å². The molecule has 3 atom stereocenters. The van der Waals surface area contributed by atoms with Crippen molar-refractivity contribution < 1.29 is 44.1 Å². The lowest BCUT2D eigenvalue weighted by Gasteiger charge is -2.23. The number of nitrogens with one attached hydrogen (secondary N) is 4. The molecule has 3 unspecified atom stereocenters. The second-order valence-corrected chi connectivity index (χ2v) is 6.26. The molecule has 15 nitrogen and oxygen atoms in total. The Bertz CT molecular complexity index is 826. The number of nitrogens with two attached hydrogens (primary N) is 1. The number of aromatic nitrogens is 2. The summed E-state index contributed by atoms with van der Waals surface area (Å²) in [7, 11) is 0. The lowest BCUT2D eigenvalue weighted by molar-refractivity contribution is -0.148. The monoisotopic (exact) mass is 442 g/mol. The molecule has 15 heteroatoms. The Morgan fingerprint density at radius 1 is 0.903 bits per heavy atom. The normalized spacial score (nSPS) is 13.3. The van der Waals surface area contributed by atoms with Crippen LogP contribution in [0, 0.1) is 0 Å². The van der Waals surface area contributed by atoms with E-state index >= 15 is 0 Å². The van der Waals surface area contributed by atoms with E-state index < -0.39 is 73.1 Å². The van der Waals surface area contributed by atoms with Crippen LogP contribution >= 0.6 is 0 Å². The second-order valence-electron chi connectivity index (χ2n) is 6.26. The van der Waals surface area contributed by atoms with Gasteiger partial charge < -0.3 is 42.0 Å². The van der Waals surface area contributed by atoms with Crippen LogP contribution in [0.25, 0.3) is 0 Å². The Labute approximate surface area is 174 Å². The van der Waals surface area contributed by atoms with E-state index in [2.05, 4.69) is 20.6 Å². The van der Waals surface area contributed by atoms with E-state index in [9.17, 15) is 28.8 Å². The van der Waals surface area contributed by atoms with Crippen LogP contribution in [0.15, 0.2) is 12.5 Å². The number of hydrogen-bond acceptors (Lipinski definition) is 8. The molecule has 0 aliphatic carbocycles. The van der Waals surface area contributed by atoms with Gasteiger partial charge in [0.2, 0.25) is 17.7 Å². The van der Waals surface area contributed by atoms with Gasteiger partial charge in [0.1, 0.15) is 18.1 Å². The molecule has 170 valence electrons. The second kappa shape index (κ2) is 11.9. The van der Waals surface area contributed by atoms with Gasteiger partial charge in [-0.05, 0) is 0 Å². The van der Waals surface area contributed by atoms with Gasteiger partial charge in [0.25, 0.3) is 0 Å². The van der Waals surface area contributed by atoms with Crippen molar-refractivity contribution in [3.05, 3.63) is 18.2 Å². The summed E-state index contributed by atoms with van der Waals surface area (Å²) in [6, 6.07) is -4.87. The largest absolute Gasteiger partial charge is 0.481 e. The van der Waals surface area contributed by atoms with E-state index in [1.807, 2.05) is 5.32 Å². The van der Waals surface area contributed by atoms with E-state index in [4.69, 9.17) is 21.1 Å². The molecule has 0 spiro atoms. The molecule has 1 heterocycles. The SMILES string of the molecule is NCC(=O)NC(Cc1cnc[nH]1)C(=O)NC(CC(=O)O)C(=O)NC(CC(=O)O)C(=O)O. The van der Waals surface area contributed by atoms with Gasteiger partial charge in [-0.25, -0.2) is 9.78 Å². The van der Waals surface area contributed by atoms with Crippen molar-refractivity contribution in [2.24, 2.45) is 5.73 Å². The minimum Gasteiger partial charge on any atom is -0.481 e. The maximum atomic E-state index is 12.6. The molecule has 3 amide bonds. The fraction of sp³-hybridized carbons (Fsp3) is 0.438. The zero-order chi connectivity index (χ0) is 23.6. The smallest absolute Gasteiger partial charge is 0.326 e. The highest BCUT2D eigenvalue weighted by Crippen LogP contribution is 2.03. The zero-order valence-corrected chi connectivity index (χ0v) is 16.0. The molecule has 0 aliphatic heterocycles. The van der Waals surface area contributed by atoms with Crippen molar-refractivity contribution >= 4 is 35.6 Å². The fourth-order valence-electron chi connectivity index (χ4n) is 2.38. The molecule has 0 aromatic carbocycles. The predicted molar refractivity (Wildman–Crippen MR) is 99.3 cm³/mol. The summed E-state index contributed by atoms with van der Waals surface area (Å²) in [5.41, 5.74) is 5.66. The molecule has 31 heavy (non-hydrogen) atoms. The topological polar surface area (TPSA) is 254 Å². The third-order valence-electron chi connectivity index (χ3n) is 3.82. The molecule has 1 rings (SSSR count). The molecule has 0 saturated carbocycles. The van der Waals surface area contributed by atoms with E-state index in [0.717, 1.165) is 0 Å². The van der Waals surface area contributed by atoms with Crippen LogP contribution in [0.5, 0.6) is 0 Å². The van der Waals surface area contributed by atoms with Crippen LogP contribution in [0.4, 0.5) is 0 Å². The molecule has 0 bridgehead atoms. The summed E-state index contributed by atoms with van der Waals surface area (Å²) in [6.45, 7) is -0.443. The summed E-state index contributed by atoms with van der Waals surface area (Å²) in [4.78, 5) is 76.1. The number of hydrogen-bond donors (Lipinski definition) is 8. The van der Waals surface area contributed by atoms with Crippen molar-refractivity contribution in [3.8, 4) is 0 Å². The Morgan fingerprint density at radius 3 is 1.94 bits per heavy atom. The molecule has 1 aromatic rings. The highest BCUT2D eigenvalue weighted by molar-refractivity contribution is 5.95. The van der Waals surface area contributed by atoms with Gasteiger partial charge >= 0.3 is 17.9 Å². The number of aliphatic carboxylic acids is 3. The van der Waals surface area contributed by atoms with Crippen LogP contribution < -0.4 is 21.7 Å². The number of rotatable bonds is 13. The molecular weight excluding hydrogens is 420 g/mol. The number of carbonyl (C=O) groups excluding carboxylic acids is 3. The third-order valence-corrected chi connectivity index (χ3v) is 3.82. The quantitative estimate of drug-likeness (QED) is 0.148. The Kier molecular flexibility index (Phi) is 9.58. The molecular formula is C16H22N6O9. The number of nitrogens with zero attached hydrogens (tertiary/aromatic N) is 1. The van der Waals surface area contributed by atoms with Crippen LogP contribution in [0.2, 0.25) is 0 Å². The molecule has 1 aromatic heterocycles. The first-order valence-electron chi connectivity index (χ1n) is 8.77. The van der Waals surface area contributed by atoms with Gasteiger partial charge in [0.05, 0.1) is 25.7 Å². The summed E-state index contributed by atoms with van der Waals surface area (Å²) in [6.07, 6.45) is 0.696. The van der Waals surface area contributed by atoms with Crippen LogP contribution in [-0.2, 0) is 35.2 Å². The van der Waals surface area contributed by atoms with Crippen molar-refractivity contribution in [1.82, 2.24) is 25.9 Å². The predicted octanol–water partition coefficient (Wildman–Crippen LogP) is -3.60. The summed E-state index contributed by atoms with van der Waals surface area (Å²) in [5, 5.41) is 33.1. The highest BCUT2D eigenvalue weighted by atomic mass is 16.4.